The van der Waals surface area contributed by atoms with E-state index in [2.05, 4.69) is 58.4 Å². The largest absolute Gasteiger partial charge is 0.340 e. The van der Waals surface area contributed by atoms with E-state index in [4.69, 9.17) is 0 Å². The van der Waals surface area contributed by atoms with Gasteiger partial charge in [0.2, 0.25) is 5.91 Å². The van der Waals surface area contributed by atoms with Gasteiger partial charge in [-0.25, -0.2) is 0 Å². The lowest BCUT2D eigenvalue weighted by molar-refractivity contribution is -0.148. The van der Waals surface area contributed by atoms with Crippen LogP contribution < -0.4 is 5.32 Å². The van der Waals surface area contributed by atoms with E-state index in [9.17, 15) is 9.59 Å². The Hall–Kier alpha value is -3.18. The average Bonchev–Trinajstić information content (AvgIpc) is 3.64. The summed E-state index contributed by atoms with van der Waals surface area (Å²) < 4.78 is 0. The van der Waals surface area contributed by atoms with E-state index in [0.717, 1.165) is 67.5 Å². The van der Waals surface area contributed by atoms with E-state index >= 15 is 0 Å². The molecule has 3 aromatic carbocycles. The average molecular weight is 480 g/mol. The number of piperazine rings is 1. The van der Waals surface area contributed by atoms with Crippen molar-refractivity contribution in [2.75, 3.05) is 31.5 Å². The molecule has 2 aliphatic heterocycles. The van der Waals surface area contributed by atoms with Gasteiger partial charge in [0.15, 0.2) is 0 Å². The Kier molecular flexibility index (Phi) is 4.84. The number of amides is 2. The number of benzene rings is 3. The van der Waals surface area contributed by atoms with Gasteiger partial charge in [0, 0.05) is 53.8 Å². The minimum absolute atomic E-state index is 0.00530. The Morgan fingerprint density at radius 2 is 1.67 bits per heavy atom. The summed E-state index contributed by atoms with van der Waals surface area (Å²) in [6.07, 6.45) is 6.56. The highest BCUT2D eigenvalue weighted by atomic mass is 16.2. The van der Waals surface area contributed by atoms with Gasteiger partial charge in [-0.1, -0.05) is 55.8 Å². The van der Waals surface area contributed by atoms with Crippen molar-refractivity contribution >= 4 is 28.3 Å². The van der Waals surface area contributed by atoms with E-state index < -0.39 is 0 Å². The van der Waals surface area contributed by atoms with Crippen LogP contribution in [0.5, 0.6) is 0 Å². The Balaban J connectivity index is 1.06. The molecule has 184 valence electrons. The standard InChI is InChI=1S/C31H33N3O2/c1-30(12-3-13-30)29(36)33-16-18-34(19-17-33)31(14-15-31)23-9-6-21(7-10-23)20-22-8-11-26-27-24(22)4-2-5-25(27)28(35)32-26/h2,4-11H,3,12-20H2,1H3,(H,32,35). The van der Waals surface area contributed by atoms with Gasteiger partial charge < -0.3 is 10.2 Å². The van der Waals surface area contributed by atoms with Crippen LogP contribution in [0.2, 0.25) is 0 Å². The van der Waals surface area contributed by atoms with Gasteiger partial charge in [-0.15, -0.1) is 0 Å². The summed E-state index contributed by atoms with van der Waals surface area (Å²) in [6.45, 7) is 5.80. The third kappa shape index (κ3) is 3.32. The SMILES string of the molecule is CC1(C(=O)N2CCN(C3(c4ccc(Cc5ccc6c7c(cccc57)C(=O)N6)cc4)CC3)CC2)CCC1. The maximum absolute atomic E-state index is 13.0. The zero-order valence-corrected chi connectivity index (χ0v) is 21.0. The normalized spacial score (nSPS) is 21.8. The Morgan fingerprint density at radius 1 is 0.917 bits per heavy atom. The molecular weight excluding hydrogens is 446 g/mol. The van der Waals surface area contributed by atoms with Gasteiger partial charge in [0.1, 0.15) is 0 Å². The zero-order valence-electron chi connectivity index (χ0n) is 21.0. The number of hydrogen-bond donors (Lipinski definition) is 1. The Morgan fingerprint density at radius 3 is 2.33 bits per heavy atom. The number of anilines is 1. The summed E-state index contributed by atoms with van der Waals surface area (Å²) in [5, 5.41) is 5.20. The fraction of sp³-hybridized carbons (Fsp3) is 0.419. The topological polar surface area (TPSA) is 52.7 Å². The van der Waals surface area contributed by atoms with E-state index in [-0.39, 0.29) is 16.9 Å². The first-order valence-electron chi connectivity index (χ1n) is 13.5. The highest BCUT2D eigenvalue weighted by molar-refractivity contribution is 6.24. The van der Waals surface area contributed by atoms with Crippen molar-refractivity contribution in [1.82, 2.24) is 9.80 Å². The van der Waals surface area contributed by atoms with Crippen LogP contribution in [0.1, 0.15) is 66.1 Å². The molecule has 4 aliphatic rings. The highest BCUT2D eigenvalue weighted by Gasteiger charge is 2.51. The van der Waals surface area contributed by atoms with Crippen LogP contribution in [0.3, 0.4) is 0 Å². The maximum Gasteiger partial charge on any atom is 0.256 e. The summed E-state index contributed by atoms with van der Waals surface area (Å²) in [5.74, 6) is 0.375. The molecule has 0 atom stereocenters. The third-order valence-corrected chi connectivity index (χ3v) is 9.38. The van der Waals surface area contributed by atoms with Crippen LogP contribution in [0.25, 0.3) is 10.8 Å². The molecule has 7 rings (SSSR count). The van der Waals surface area contributed by atoms with Crippen molar-refractivity contribution in [2.24, 2.45) is 5.41 Å². The minimum atomic E-state index is -0.0910. The number of rotatable bonds is 5. The van der Waals surface area contributed by atoms with Crippen LogP contribution in [0.4, 0.5) is 5.69 Å². The van der Waals surface area contributed by atoms with Crippen molar-refractivity contribution in [3.63, 3.8) is 0 Å². The lowest BCUT2D eigenvalue weighted by Crippen LogP contribution is -2.56. The molecule has 0 bridgehead atoms. The van der Waals surface area contributed by atoms with Gasteiger partial charge in [-0.3, -0.25) is 14.5 Å². The number of hydrogen-bond acceptors (Lipinski definition) is 3. The Bertz CT molecular complexity index is 1380. The smallest absolute Gasteiger partial charge is 0.256 e. The Labute approximate surface area is 212 Å². The fourth-order valence-electron chi connectivity index (χ4n) is 6.80. The van der Waals surface area contributed by atoms with Crippen LogP contribution in [0.15, 0.2) is 54.6 Å². The van der Waals surface area contributed by atoms with Crippen molar-refractivity contribution in [2.45, 2.75) is 51.0 Å². The molecule has 0 spiro atoms. The number of nitrogens with one attached hydrogen (secondary N) is 1. The van der Waals surface area contributed by atoms with Crippen LogP contribution in [-0.4, -0.2) is 47.8 Å². The monoisotopic (exact) mass is 479 g/mol. The molecule has 0 unspecified atom stereocenters. The van der Waals surface area contributed by atoms with Gasteiger partial charge in [0.25, 0.3) is 5.91 Å². The lowest BCUT2D eigenvalue weighted by Gasteiger charge is -2.45. The van der Waals surface area contributed by atoms with Crippen molar-refractivity contribution < 1.29 is 9.59 Å². The second kappa shape index (κ2) is 7.91. The molecule has 3 aromatic rings. The van der Waals surface area contributed by atoms with Crippen LogP contribution in [-0.2, 0) is 16.8 Å². The molecule has 5 nitrogen and oxygen atoms in total. The van der Waals surface area contributed by atoms with E-state index in [0.29, 0.717) is 5.91 Å². The molecule has 0 aromatic heterocycles. The second-order valence-corrected chi connectivity index (χ2v) is 11.6. The van der Waals surface area contributed by atoms with Crippen molar-refractivity contribution in [3.05, 3.63) is 76.9 Å². The molecule has 36 heavy (non-hydrogen) atoms. The molecule has 3 fully saturated rings. The van der Waals surface area contributed by atoms with Crippen molar-refractivity contribution in [3.8, 4) is 0 Å². The summed E-state index contributed by atoms with van der Waals surface area (Å²) in [7, 11) is 0. The molecule has 1 N–H and O–H groups in total. The maximum atomic E-state index is 13.0. The molecule has 1 saturated heterocycles. The molecular formula is C31H33N3O2. The third-order valence-electron chi connectivity index (χ3n) is 9.38. The first kappa shape index (κ1) is 22.1. The number of carbonyl (C=O) groups excluding carboxylic acids is 2. The second-order valence-electron chi connectivity index (χ2n) is 11.6. The number of carbonyl (C=O) groups is 2. The first-order chi connectivity index (χ1) is 17.5. The summed E-state index contributed by atoms with van der Waals surface area (Å²) in [4.78, 5) is 30.0. The highest BCUT2D eigenvalue weighted by Crippen LogP contribution is 2.51. The zero-order chi connectivity index (χ0) is 24.5. The molecule has 5 heteroatoms. The predicted molar refractivity (Wildman–Crippen MR) is 142 cm³/mol. The van der Waals surface area contributed by atoms with Gasteiger partial charge >= 0.3 is 0 Å². The van der Waals surface area contributed by atoms with Crippen molar-refractivity contribution in [1.29, 1.82) is 0 Å². The summed E-state index contributed by atoms with van der Waals surface area (Å²) in [5.41, 5.74) is 5.71. The minimum Gasteiger partial charge on any atom is -0.340 e. The first-order valence-corrected chi connectivity index (χ1v) is 13.5. The van der Waals surface area contributed by atoms with Gasteiger partial charge in [0.05, 0.1) is 0 Å². The molecule has 2 saturated carbocycles. The molecule has 2 aliphatic carbocycles. The fourth-order valence-corrected chi connectivity index (χ4v) is 6.80. The predicted octanol–water partition coefficient (Wildman–Crippen LogP) is 5.32. The van der Waals surface area contributed by atoms with E-state index in [1.807, 2.05) is 18.2 Å². The van der Waals surface area contributed by atoms with Gasteiger partial charge in [-0.2, -0.15) is 0 Å². The lowest BCUT2D eigenvalue weighted by atomic mass is 9.69. The quantitative estimate of drug-likeness (QED) is 0.539. The molecule has 2 heterocycles. The summed E-state index contributed by atoms with van der Waals surface area (Å²) in [6, 6.07) is 19.4. The summed E-state index contributed by atoms with van der Waals surface area (Å²) >= 11 is 0. The van der Waals surface area contributed by atoms with Gasteiger partial charge in [-0.05, 0) is 66.3 Å². The van der Waals surface area contributed by atoms with Crippen LogP contribution in [0, 0.1) is 5.41 Å². The van der Waals surface area contributed by atoms with E-state index in [1.165, 1.54) is 36.0 Å². The molecule has 2 amide bonds. The molecule has 0 radical (unpaired) electrons. The number of nitrogens with zero attached hydrogens (tertiary/aromatic N) is 2. The van der Waals surface area contributed by atoms with E-state index in [1.54, 1.807) is 0 Å². The van der Waals surface area contributed by atoms with Crippen LogP contribution >= 0.6 is 0 Å².